The number of benzene rings is 2. The van der Waals surface area contributed by atoms with Gasteiger partial charge >= 0.3 is 6.18 Å². The van der Waals surface area contributed by atoms with Crippen LogP contribution in [0, 0.1) is 6.92 Å². The number of halogens is 3. The molecule has 0 saturated heterocycles. The number of nitrogens with zero attached hydrogens (tertiary/aromatic N) is 4. The van der Waals surface area contributed by atoms with Crippen molar-refractivity contribution in [3.05, 3.63) is 95.3 Å². The zero-order valence-corrected chi connectivity index (χ0v) is 18.7. The second-order valence-electron chi connectivity index (χ2n) is 7.65. The maximum Gasteiger partial charge on any atom is 0.416 e. The lowest BCUT2D eigenvalue weighted by molar-refractivity contribution is -0.137. The van der Waals surface area contributed by atoms with E-state index in [1.165, 1.54) is 23.0 Å². The van der Waals surface area contributed by atoms with Gasteiger partial charge in [-0.2, -0.15) is 18.3 Å². The Bertz CT molecular complexity index is 1330. The highest BCUT2D eigenvalue weighted by molar-refractivity contribution is 5.95. The number of aromatic nitrogens is 4. The largest absolute Gasteiger partial charge is 0.496 e. The Morgan fingerprint density at radius 2 is 1.91 bits per heavy atom. The smallest absolute Gasteiger partial charge is 0.416 e. The summed E-state index contributed by atoms with van der Waals surface area (Å²) in [5.41, 5.74) is 0.742. The number of rotatable bonds is 6. The van der Waals surface area contributed by atoms with Gasteiger partial charge in [-0.1, -0.05) is 24.3 Å². The molecule has 0 spiro atoms. The summed E-state index contributed by atoms with van der Waals surface area (Å²) < 4.78 is 48.0. The molecule has 7 nitrogen and oxygen atoms in total. The van der Waals surface area contributed by atoms with E-state index in [1.807, 2.05) is 25.2 Å². The van der Waals surface area contributed by atoms with Crippen molar-refractivity contribution in [3.8, 4) is 11.4 Å². The van der Waals surface area contributed by atoms with Gasteiger partial charge in [0.1, 0.15) is 17.6 Å². The second kappa shape index (κ2) is 9.05. The van der Waals surface area contributed by atoms with Crippen molar-refractivity contribution in [1.82, 2.24) is 24.6 Å². The van der Waals surface area contributed by atoms with E-state index >= 15 is 0 Å². The van der Waals surface area contributed by atoms with Crippen molar-refractivity contribution in [1.29, 1.82) is 0 Å². The van der Waals surface area contributed by atoms with Crippen LogP contribution in [0.3, 0.4) is 0 Å². The minimum Gasteiger partial charge on any atom is -0.496 e. The Balaban J connectivity index is 1.69. The van der Waals surface area contributed by atoms with Gasteiger partial charge in [-0.3, -0.25) is 4.79 Å². The lowest BCUT2D eigenvalue weighted by atomic mass is 10.0. The number of aryl methyl sites for hydroxylation is 1. The highest BCUT2D eigenvalue weighted by atomic mass is 19.4. The van der Waals surface area contributed by atoms with E-state index in [4.69, 9.17) is 4.74 Å². The summed E-state index contributed by atoms with van der Waals surface area (Å²) in [6.45, 7) is 1.63. The number of para-hydroxylation sites is 1. The maximum absolute atomic E-state index is 13.3. The van der Waals surface area contributed by atoms with E-state index in [2.05, 4.69) is 15.4 Å². The average Bonchev–Trinajstić information content (AvgIpc) is 3.42. The summed E-state index contributed by atoms with van der Waals surface area (Å²) in [6, 6.07) is 11.4. The molecule has 10 heteroatoms. The number of alkyl halides is 3. The Kier molecular flexibility index (Phi) is 6.14. The van der Waals surface area contributed by atoms with Crippen molar-refractivity contribution < 1.29 is 22.7 Å². The molecule has 1 N–H and O–H groups in total. The van der Waals surface area contributed by atoms with Crippen molar-refractivity contribution in [2.24, 2.45) is 7.05 Å². The van der Waals surface area contributed by atoms with Crippen molar-refractivity contribution >= 4 is 5.91 Å². The first-order valence-electron chi connectivity index (χ1n) is 10.3. The molecule has 4 aromatic rings. The molecule has 0 saturated carbocycles. The molecule has 2 aromatic carbocycles. The van der Waals surface area contributed by atoms with Crippen molar-refractivity contribution in [2.75, 3.05) is 7.11 Å². The third-order valence-electron chi connectivity index (χ3n) is 5.51. The monoisotopic (exact) mass is 469 g/mol. The Morgan fingerprint density at radius 3 is 2.59 bits per heavy atom. The molecule has 1 amide bonds. The van der Waals surface area contributed by atoms with Gasteiger partial charge in [0.2, 0.25) is 0 Å². The number of carbonyl (C=O) groups excluding carboxylic acids is 1. The fourth-order valence-electron chi connectivity index (χ4n) is 3.76. The fraction of sp³-hybridized carbons (Fsp3) is 0.208. The summed E-state index contributed by atoms with van der Waals surface area (Å²) in [4.78, 5) is 17.7. The number of carbonyl (C=O) groups is 1. The maximum atomic E-state index is 13.3. The molecule has 34 heavy (non-hydrogen) atoms. The van der Waals surface area contributed by atoms with Crippen LogP contribution in [-0.2, 0) is 13.2 Å². The molecule has 0 fully saturated rings. The summed E-state index contributed by atoms with van der Waals surface area (Å²) >= 11 is 0. The van der Waals surface area contributed by atoms with Crippen LogP contribution < -0.4 is 10.1 Å². The highest BCUT2D eigenvalue weighted by Gasteiger charge is 2.31. The summed E-state index contributed by atoms with van der Waals surface area (Å²) in [5.74, 6) is 0.711. The molecule has 176 valence electrons. The van der Waals surface area contributed by atoms with Crippen LogP contribution in [0.1, 0.15) is 39.0 Å². The van der Waals surface area contributed by atoms with Crippen LogP contribution in [0.25, 0.3) is 5.69 Å². The van der Waals surface area contributed by atoms with E-state index in [0.717, 1.165) is 12.1 Å². The number of hydrogen-bond acceptors (Lipinski definition) is 4. The van der Waals surface area contributed by atoms with Crippen molar-refractivity contribution in [2.45, 2.75) is 19.1 Å². The molecule has 2 aromatic heterocycles. The van der Waals surface area contributed by atoms with Crippen LogP contribution in [0.5, 0.6) is 5.75 Å². The average molecular weight is 469 g/mol. The van der Waals surface area contributed by atoms with E-state index in [0.29, 0.717) is 22.8 Å². The predicted molar refractivity (Wildman–Crippen MR) is 119 cm³/mol. The van der Waals surface area contributed by atoms with E-state index < -0.39 is 23.7 Å². The first-order valence-corrected chi connectivity index (χ1v) is 10.3. The fourth-order valence-corrected chi connectivity index (χ4v) is 3.76. The third kappa shape index (κ3) is 4.39. The number of imidazole rings is 1. The molecule has 0 radical (unpaired) electrons. The molecule has 0 aliphatic carbocycles. The molecule has 2 heterocycles. The molecule has 0 bridgehead atoms. The van der Waals surface area contributed by atoms with Crippen LogP contribution in [0.2, 0.25) is 0 Å². The SMILES string of the molecule is COc1ccccc1C(NC(=O)c1cnn(-c2cccc(C(F)(F)F)c2)c1C)c1nccn1C. The molecule has 1 atom stereocenters. The number of hydrogen-bond donors (Lipinski definition) is 1. The van der Waals surface area contributed by atoms with Crippen LogP contribution in [-0.4, -0.2) is 32.3 Å². The minimum absolute atomic E-state index is 0.205. The number of amides is 1. The molecule has 0 aliphatic rings. The van der Waals surface area contributed by atoms with Gasteiger partial charge in [-0.25, -0.2) is 9.67 Å². The van der Waals surface area contributed by atoms with Gasteiger partial charge in [0.25, 0.3) is 5.91 Å². The summed E-state index contributed by atoms with van der Waals surface area (Å²) in [6.07, 6.45) is 0.242. The van der Waals surface area contributed by atoms with E-state index in [9.17, 15) is 18.0 Å². The number of ether oxygens (including phenoxy) is 1. The van der Waals surface area contributed by atoms with Gasteiger partial charge < -0.3 is 14.6 Å². The number of nitrogens with one attached hydrogen (secondary N) is 1. The van der Waals surface area contributed by atoms with E-state index in [1.54, 1.807) is 37.1 Å². The molecule has 0 aliphatic heterocycles. The zero-order chi connectivity index (χ0) is 24.5. The van der Waals surface area contributed by atoms with E-state index in [-0.39, 0.29) is 11.3 Å². The Hall–Kier alpha value is -4.08. The normalized spacial score (nSPS) is 12.4. The van der Waals surface area contributed by atoms with Gasteiger partial charge in [0, 0.05) is 25.0 Å². The lowest BCUT2D eigenvalue weighted by Crippen LogP contribution is -2.31. The van der Waals surface area contributed by atoms with Gasteiger partial charge in [-0.15, -0.1) is 0 Å². The molecular weight excluding hydrogens is 447 g/mol. The quantitative estimate of drug-likeness (QED) is 0.453. The zero-order valence-electron chi connectivity index (χ0n) is 18.7. The topological polar surface area (TPSA) is 74.0 Å². The molecule has 1 unspecified atom stereocenters. The predicted octanol–water partition coefficient (Wildman–Crippen LogP) is 4.46. The Morgan fingerprint density at radius 1 is 1.15 bits per heavy atom. The third-order valence-corrected chi connectivity index (χ3v) is 5.51. The second-order valence-corrected chi connectivity index (χ2v) is 7.65. The number of methoxy groups -OCH3 is 1. The van der Waals surface area contributed by atoms with Gasteiger partial charge in [0.15, 0.2) is 0 Å². The minimum atomic E-state index is -4.48. The Labute approximate surface area is 193 Å². The summed E-state index contributed by atoms with van der Waals surface area (Å²) in [7, 11) is 3.35. The van der Waals surface area contributed by atoms with Crippen LogP contribution in [0.15, 0.2) is 67.1 Å². The first-order chi connectivity index (χ1) is 16.2. The van der Waals surface area contributed by atoms with Crippen molar-refractivity contribution in [3.63, 3.8) is 0 Å². The molecule has 4 rings (SSSR count). The standard InChI is InChI=1S/C24H22F3N5O2/c1-15-19(14-29-32(15)17-8-6-7-16(13-17)24(25,26)27)23(33)30-21(22-28-11-12-31(22)2)18-9-4-5-10-20(18)34-3/h4-14,21H,1-3H3,(H,30,33). The lowest BCUT2D eigenvalue weighted by Gasteiger charge is -2.21. The first kappa shape index (κ1) is 23.1. The summed E-state index contributed by atoms with van der Waals surface area (Å²) in [5, 5.41) is 7.14. The molecular formula is C24H22F3N5O2. The highest BCUT2D eigenvalue weighted by Crippen LogP contribution is 2.31. The van der Waals surface area contributed by atoms with Gasteiger partial charge in [-0.05, 0) is 31.2 Å². The van der Waals surface area contributed by atoms with Crippen LogP contribution >= 0.6 is 0 Å². The van der Waals surface area contributed by atoms with Gasteiger partial charge in [0.05, 0.1) is 35.8 Å². The van der Waals surface area contributed by atoms with Crippen LogP contribution in [0.4, 0.5) is 13.2 Å².